The number of hydrogen-bond donors (Lipinski definition) is 0. The summed E-state index contributed by atoms with van der Waals surface area (Å²) >= 11 is 3.83. The summed E-state index contributed by atoms with van der Waals surface area (Å²) in [4.78, 5) is 8.14. The van der Waals surface area contributed by atoms with E-state index in [0.717, 1.165) is 6.42 Å². The summed E-state index contributed by atoms with van der Waals surface area (Å²) in [5, 5.41) is 5.28. The molecule has 2 unspecified atom stereocenters. The molecule has 10 aromatic rings. The standard InChI is InChI=1S/C63H56BN3S2/c1-37-31-39(3)58-51(32-37)67(63(8)30-14-13-29-62(58,63)7)41-26-28-46-50(36-41)66(48-21-15-19-43-42-17-9-11-22-54(42)69-60(43)48)53-34-38(2)33-52-59(53)64(46)45-27-25-40(61(4,5)6)35-49(45)65(52)47-20-16-24-56-57(47)44-18-10-12-23-55(44)68-56/h9-12,15-28,31-36H,13-14,29-30H2,1-8H3. The van der Waals surface area contributed by atoms with Crippen molar-refractivity contribution in [3.63, 3.8) is 0 Å². The van der Waals surface area contributed by atoms with E-state index in [1.165, 1.54) is 144 Å². The van der Waals surface area contributed by atoms with E-state index in [9.17, 15) is 0 Å². The summed E-state index contributed by atoms with van der Waals surface area (Å²) in [5.41, 5.74) is 21.2. The molecule has 0 spiro atoms. The normalized spacial score (nSPS) is 19.4. The zero-order chi connectivity index (χ0) is 46.9. The fraction of sp³-hybridized carbons (Fsp3) is 0.238. The van der Waals surface area contributed by atoms with Crippen molar-refractivity contribution in [1.82, 2.24) is 0 Å². The molecule has 8 aromatic carbocycles. The Bertz CT molecular complexity index is 3850. The van der Waals surface area contributed by atoms with Crippen LogP contribution in [0.25, 0.3) is 40.3 Å². The van der Waals surface area contributed by atoms with E-state index in [2.05, 4.69) is 216 Å². The van der Waals surface area contributed by atoms with Crippen LogP contribution in [0, 0.1) is 20.8 Å². The third kappa shape index (κ3) is 5.62. The summed E-state index contributed by atoms with van der Waals surface area (Å²) in [5.74, 6) is 0. The Morgan fingerprint density at radius 3 is 1.91 bits per heavy atom. The zero-order valence-electron chi connectivity index (χ0n) is 40.9. The SMILES string of the molecule is Cc1cc2c3c(c1)N(c1cccc4sc5ccccc5c14)c1cc(C(C)(C)C)ccc1B3c1ccc(N3c4cc(C)cc(C)c4C4(C)CCCCC34C)cc1N2c1cccc2c1sc1ccccc12. The van der Waals surface area contributed by atoms with E-state index in [0.29, 0.717) is 0 Å². The van der Waals surface area contributed by atoms with Crippen LogP contribution >= 0.6 is 22.7 Å². The van der Waals surface area contributed by atoms with Crippen molar-refractivity contribution in [2.45, 2.75) is 97.4 Å². The summed E-state index contributed by atoms with van der Waals surface area (Å²) in [6.07, 6.45) is 4.89. The fourth-order valence-electron chi connectivity index (χ4n) is 13.9. The molecule has 3 aliphatic heterocycles. The van der Waals surface area contributed by atoms with Gasteiger partial charge in [0.25, 0.3) is 6.71 Å². The van der Waals surface area contributed by atoms with Crippen LogP contribution in [0.1, 0.15) is 88.1 Å². The van der Waals surface area contributed by atoms with Crippen LogP contribution < -0.4 is 31.1 Å². The predicted molar refractivity (Wildman–Crippen MR) is 302 cm³/mol. The predicted octanol–water partition coefficient (Wildman–Crippen LogP) is 16.5. The minimum absolute atomic E-state index is 0.0158. The zero-order valence-corrected chi connectivity index (χ0v) is 42.6. The molecule has 69 heavy (non-hydrogen) atoms. The van der Waals surface area contributed by atoms with Crippen molar-refractivity contribution in [3.8, 4) is 0 Å². The fourth-order valence-corrected chi connectivity index (χ4v) is 16.2. The van der Waals surface area contributed by atoms with Crippen molar-refractivity contribution < 1.29 is 0 Å². The van der Waals surface area contributed by atoms with Gasteiger partial charge in [-0.05, 0) is 157 Å². The summed E-state index contributed by atoms with van der Waals surface area (Å²) in [7, 11) is 0. The second-order valence-electron chi connectivity index (χ2n) is 22.2. The second-order valence-corrected chi connectivity index (χ2v) is 24.3. The highest BCUT2D eigenvalue weighted by Crippen LogP contribution is 2.62. The van der Waals surface area contributed by atoms with Crippen LogP contribution in [0.4, 0.5) is 45.5 Å². The van der Waals surface area contributed by atoms with E-state index in [1.54, 1.807) is 5.56 Å². The number of fused-ring (bicyclic) bond motifs is 13. The number of anilines is 8. The van der Waals surface area contributed by atoms with Gasteiger partial charge in [0.2, 0.25) is 0 Å². The van der Waals surface area contributed by atoms with Gasteiger partial charge in [0, 0.05) is 75.2 Å². The van der Waals surface area contributed by atoms with Crippen molar-refractivity contribution >= 4 is 132 Å². The maximum atomic E-state index is 2.80. The Kier molecular flexibility index (Phi) is 8.67. The maximum Gasteiger partial charge on any atom is 0.252 e. The molecule has 0 radical (unpaired) electrons. The topological polar surface area (TPSA) is 9.72 Å². The summed E-state index contributed by atoms with van der Waals surface area (Å²) in [6.45, 7) is 19.2. The lowest BCUT2D eigenvalue weighted by atomic mass is 9.33. The van der Waals surface area contributed by atoms with E-state index in [1.807, 2.05) is 22.7 Å². The molecule has 0 N–H and O–H groups in total. The van der Waals surface area contributed by atoms with Gasteiger partial charge in [0.15, 0.2) is 0 Å². The molecular weight excluding hydrogens is 874 g/mol. The quantitative estimate of drug-likeness (QED) is 0.164. The van der Waals surface area contributed by atoms with Crippen molar-refractivity contribution in [3.05, 3.63) is 173 Å². The lowest BCUT2D eigenvalue weighted by molar-refractivity contribution is 0.194. The number of benzene rings is 8. The molecule has 14 rings (SSSR count). The monoisotopic (exact) mass is 929 g/mol. The second kappa shape index (κ2) is 14.4. The van der Waals surface area contributed by atoms with Gasteiger partial charge in [0.1, 0.15) is 0 Å². The minimum atomic E-state index is -0.0683. The molecule has 4 aliphatic rings. The lowest BCUT2D eigenvalue weighted by Crippen LogP contribution is -2.61. The Morgan fingerprint density at radius 2 is 1.13 bits per heavy atom. The third-order valence-electron chi connectivity index (χ3n) is 17.1. The molecule has 2 atom stereocenters. The number of hydrogen-bond acceptors (Lipinski definition) is 5. The maximum absolute atomic E-state index is 2.80. The first kappa shape index (κ1) is 41.6. The number of thiophene rings is 2. The van der Waals surface area contributed by atoms with Crippen LogP contribution in [0.2, 0.25) is 0 Å². The van der Waals surface area contributed by atoms with Crippen LogP contribution in [0.5, 0.6) is 0 Å². The van der Waals surface area contributed by atoms with Gasteiger partial charge < -0.3 is 14.7 Å². The Labute approximate surface area is 414 Å². The highest BCUT2D eigenvalue weighted by Gasteiger charge is 2.58. The molecule has 0 bridgehead atoms. The molecule has 1 fully saturated rings. The molecule has 338 valence electrons. The van der Waals surface area contributed by atoms with E-state index in [-0.39, 0.29) is 23.1 Å². The number of rotatable bonds is 3. The Hall–Kier alpha value is -6.34. The molecule has 1 aliphatic carbocycles. The number of aryl methyl sites for hydroxylation is 3. The van der Waals surface area contributed by atoms with Crippen LogP contribution in [-0.4, -0.2) is 12.3 Å². The first-order valence-corrected chi connectivity index (χ1v) is 26.7. The molecule has 0 amide bonds. The van der Waals surface area contributed by atoms with Crippen molar-refractivity contribution in [1.29, 1.82) is 0 Å². The molecule has 0 saturated heterocycles. The molecule has 1 saturated carbocycles. The van der Waals surface area contributed by atoms with Gasteiger partial charge in [0.05, 0.1) is 21.6 Å². The molecule has 6 heteroatoms. The minimum Gasteiger partial charge on any atom is -0.334 e. The van der Waals surface area contributed by atoms with Crippen LogP contribution in [0.15, 0.2) is 146 Å². The Balaban J connectivity index is 1.09. The van der Waals surface area contributed by atoms with Gasteiger partial charge in [-0.3, -0.25) is 0 Å². The molecule has 2 aromatic heterocycles. The van der Waals surface area contributed by atoms with Gasteiger partial charge in [-0.1, -0.05) is 119 Å². The highest BCUT2D eigenvalue weighted by molar-refractivity contribution is 7.26. The van der Waals surface area contributed by atoms with E-state index < -0.39 is 0 Å². The molecular formula is C63H56BN3S2. The average molecular weight is 930 g/mol. The van der Waals surface area contributed by atoms with Crippen molar-refractivity contribution in [2.24, 2.45) is 0 Å². The van der Waals surface area contributed by atoms with Crippen LogP contribution in [0.3, 0.4) is 0 Å². The first-order valence-electron chi connectivity index (χ1n) is 25.1. The highest BCUT2D eigenvalue weighted by atomic mass is 32.1. The number of nitrogens with zero attached hydrogens (tertiary/aromatic N) is 3. The third-order valence-corrected chi connectivity index (χ3v) is 19.4. The van der Waals surface area contributed by atoms with Gasteiger partial charge in [-0.2, -0.15) is 0 Å². The molecule has 3 nitrogen and oxygen atoms in total. The lowest BCUT2D eigenvalue weighted by Gasteiger charge is -2.51. The summed E-state index contributed by atoms with van der Waals surface area (Å²) < 4.78 is 5.29. The van der Waals surface area contributed by atoms with E-state index >= 15 is 0 Å². The Morgan fingerprint density at radius 1 is 0.522 bits per heavy atom. The van der Waals surface area contributed by atoms with Crippen LogP contribution in [-0.2, 0) is 10.8 Å². The van der Waals surface area contributed by atoms with Crippen molar-refractivity contribution in [2.75, 3.05) is 14.7 Å². The smallest absolute Gasteiger partial charge is 0.252 e. The largest absolute Gasteiger partial charge is 0.334 e. The average Bonchev–Trinajstić information content (AvgIpc) is 3.97. The van der Waals surface area contributed by atoms with Gasteiger partial charge in [-0.15, -0.1) is 22.7 Å². The van der Waals surface area contributed by atoms with Gasteiger partial charge in [-0.25, -0.2) is 0 Å². The van der Waals surface area contributed by atoms with Gasteiger partial charge >= 0.3 is 0 Å². The first-order chi connectivity index (χ1) is 33.3. The van der Waals surface area contributed by atoms with E-state index in [4.69, 9.17) is 0 Å². The molecule has 5 heterocycles. The summed E-state index contributed by atoms with van der Waals surface area (Å²) in [6, 6.07) is 56.9.